The highest BCUT2D eigenvalue weighted by Gasteiger charge is 2.68. The highest BCUT2D eigenvalue weighted by Crippen LogP contribution is 2.50. The van der Waals surface area contributed by atoms with Crippen molar-refractivity contribution in [3.63, 3.8) is 0 Å². The molecule has 0 aliphatic carbocycles. The standard InChI is InChI=1S/C24H19F3N2O4/c1-2-11-29-20(30)17-18(21(29)31)23(22(32)33,13-14-7-4-3-5-8-14)28-19(17)15-9-6-10-16(12-15)24(25,26)27/h1,3-10,12,17-19,28H,11,13H2,(H,32,33). The van der Waals surface area contributed by atoms with Crippen LogP contribution in [-0.4, -0.2) is 39.9 Å². The van der Waals surface area contributed by atoms with Gasteiger partial charge in [0.25, 0.3) is 0 Å². The smallest absolute Gasteiger partial charge is 0.416 e. The largest absolute Gasteiger partial charge is 0.480 e. The number of carboxylic acids is 1. The third-order valence-electron chi connectivity index (χ3n) is 6.28. The number of nitrogens with one attached hydrogen (secondary N) is 1. The van der Waals surface area contributed by atoms with Crippen LogP contribution in [0.4, 0.5) is 13.2 Å². The minimum Gasteiger partial charge on any atom is -0.480 e. The lowest BCUT2D eigenvalue weighted by molar-refractivity contribution is -0.151. The first-order chi connectivity index (χ1) is 15.6. The summed E-state index contributed by atoms with van der Waals surface area (Å²) in [5.41, 5.74) is -2.20. The summed E-state index contributed by atoms with van der Waals surface area (Å²) in [6.07, 6.45) is 0.512. The zero-order chi connectivity index (χ0) is 24.0. The van der Waals surface area contributed by atoms with Crippen LogP contribution in [-0.2, 0) is 27.0 Å². The van der Waals surface area contributed by atoms with Crippen LogP contribution in [0.2, 0.25) is 0 Å². The van der Waals surface area contributed by atoms with E-state index in [0.29, 0.717) is 5.56 Å². The molecule has 2 saturated heterocycles. The first kappa shape index (κ1) is 22.6. The number of nitrogens with zero attached hydrogens (tertiary/aromatic N) is 1. The van der Waals surface area contributed by atoms with Crippen molar-refractivity contribution in [1.29, 1.82) is 0 Å². The quantitative estimate of drug-likeness (QED) is 0.534. The lowest BCUT2D eigenvalue weighted by atomic mass is 9.76. The molecule has 170 valence electrons. The van der Waals surface area contributed by atoms with Crippen molar-refractivity contribution in [2.75, 3.05) is 6.54 Å². The van der Waals surface area contributed by atoms with E-state index < -0.39 is 52.9 Å². The fourth-order valence-corrected chi connectivity index (χ4v) is 4.86. The van der Waals surface area contributed by atoms with Crippen LogP contribution < -0.4 is 5.32 Å². The third-order valence-corrected chi connectivity index (χ3v) is 6.28. The zero-order valence-electron chi connectivity index (χ0n) is 17.2. The maximum atomic E-state index is 13.3. The van der Waals surface area contributed by atoms with Crippen molar-refractivity contribution < 1.29 is 32.7 Å². The number of halogens is 3. The van der Waals surface area contributed by atoms with Crippen LogP contribution >= 0.6 is 0 Å². The Balaban J connectivity index is 1.86. The summed E-state index contributed by atoms with van der Waals surface area (Å²) in [6.45, 7) is -0.346. The first-order valence-corrected chi connectivity index (χ1v) is 10.1. The monoisotopic (exact) mass is 456 g/mol. The summed E-state index contributed by atoms with van der Waals surface area (Å²) in [5, 5.41) is 13.2. The lowest BCUT2D eigenvalue weighted by Crippen LogP contribution is -2.57. The number of carboxylic acid groups (broad SMARTS) is 1. The van der Waals surface area contributed by atoms with Crippen molar-refractivity contribution in [1.82, 2.24) is 10.2 Å². The molecular weight excluding hydrogens is 437 g/mol. The topological polar surface area (TPSA) is 86.7 Å². The minimum atomic E-state index is -4.63. The number of carbonyl (C=O) groups excluding carboxylic acids is 2. The summed E-state index contributed by atoms with van der Waals surface area (Å²) in [7, 11) is 0. The van der Waals surface area contributed by atoms with E-state index in [0.717, 1.165) is 17.0 Å². The van der Waals surface area contributed by atoms with E-state index in [-0.39, 0.29) is 18.5 Å². The normalized spacial score (nSPS) is 26.8. The van der Waals surface area contributed by atoms with E-state index in [1.807, 2.05) is 0 Å². The van der Waals surface area contributed by atoms with E-state index in [1.54, 1.807) is 30.3 Å². The van der Waals surface area contributed by atoms with Gasteiger partial charge < -0.3 is 5.11 Å². The molecular formula is C24H19F3N2O4. The molecule has 9 heteroatoms. The SMILES string of the molecule is C#CCN1C(=O)C2C(c3cccc(C(F)(F)F)c3)NC(Cc3ccccc3)(C(=O)O)C2C1=O. The van der Waals surface area contributed by atoms with Crippen molar-refractivity contribution in [3.8, 4) is 12.3 Å². The Morgan fingerprint density at radius 1 is 1.12 bits per heavy atom. The lowest BCUT2D eigenvalue weighted by Gasteiger charge is -2.31. The van der Waals surface area contributed by atoms with Gasteiger partial charge in [-0.3, -0.25) is 24.6 Å². The van der Waals surface area contributed by atoms with Crippen LogP contribution in [0.5, 0.6) is 0 Å². The second kappa shape index (κ2) is 8.05. The van der Waals surface area contributed by atoms with Gasteiger partial charge in [-0.15, -0.1) is 6.42 Å². The van der Waals surface area contributed by atoms with E-state index in [1.165, 1.54) is 12.1 Å². The Kier molecular flexibility index (Phi) is 5.50. The number of carbonyl (C=O) groups is 3. The number of fused-ring (bicyclic) bond motifs is 1. The molecule has 2 heterocycles. The predicted molar refractivity (Wildman–Crippen MR) is 110 cm³/mol. The highest BCUT2D eigenvalue weighted by molar-refractivity contribution is 6.09. The van der Waals surface area contributed by atoms with Crippen molar-refractivity contribution in [2.45, 2.75) is 24.2 Å². The number of imide groups is 1. The molecule has 4 rings (SSSR count). The molecule has 2 fully saturated rings. The molecule has 2 aromatic rings. The predicted octanol–water partition coefficient (Wildman–Crippen LogP) is 2.65. The Labute approximate surface area is 187 Å². The molecule has 2 aliphatic heterocycles. The average molecular weight is 456 g/mol. The fraction of sp³-hybridized carbons (Fsp3) is 0.292. The second-order valence-corrected chi connectivity index (χ2v) is 8.15. The van der Waals surface area contributed by atoms with Gasteiger partial charge in [-0.05, 0) is 23.3 Å². The summed E-state index contributed by atoms with van der Waals surface area (Å²) in [5.74, 6) is -3.16. The van der Waals surface area contributed by atoms with Gasteiger partial charge >= 0.3 is 12.1 Å². The summed E-state index contributed by atoms with van der Waals surface area (Å²) >= 11 is 0. The van der Waals surface area contributed by atoms with Gasteiger partial charge in [0.2, 0.25) is 11.8 Å². The Morgan fingerprint density at radius 2 is 1.82 bits per heavy atom. The van der Waals surface area contributed by atoms with Gasteiger partial charge in [0, 0.05) is 12.5 Å². The highest BCUT2D eigenvalue weighted by atomic mass is 19.4. The number of alkyl halides is 3. The molecule has 0 spiro atoms. The number of hydrogen-bond donors (Lipinski definition) is 2. The van der Waals surface area contributed by atoms with E-state index >= 15 is 0 Å². The molecule has 0 bridgehead atoms. The number of terminal acetylenes is 1. The molecule has 2 N–H and O–H groups in total. The number of likely N-dealkylation sites (tertiary alicyclic amines) is 1. The Morgan fingerprint density at radius 3 is 2.42 bits per heavy atom. The molecule has 6 nitrogen and oxygen atoms in total. The van der Waals surface area contributed by atoms with Gasteiger partial charge in [-0.2, -0.15) is 13.2 Å². The molecule has 0 saturated carbocycles. The van der Waals surface area contributed by atoms with Crippen LogP contribution in [0.3, 0.4) is 0 Å². The van der Waals surface area contributed by atoms with E-state index in [4.69, 9.17) is 6.42 Å². The summed E-state index contributed by atoms with van der Waals surface area (Å²) in [6, 6.07) is 11.7. The second-order valence-electron chi connectivity index (χ2n) is 8.15. The third kappa shape index (κ3) is 3.66. The van der Waals surface area contributed by atoms with Crippen molar-refractivity contribution >= 4 is 17.8 Å². The fourth-order valence-electron chi connectivity index (χ4n) is 4.86. The maximum absolute atomic E-state index is 13.3. The van der Waals surface area contributed by atoms with Gasteiger partial charge in [0.05, 0.1) is 23.9 Å². The van der Waals surface area contributed by atoms with Crippen LogP contribution in [0.1, 0.15) is 22.7 Å². The molecule has 0 radical (unpaired) electrons. The molecule has 4 atom stereocenters. The Hall–Kier alpha value is -3.64. The van der Waals surface area contributed by atoms with Gasteiger partial charge in [-0.25, -0.2) is 0 Å². The Bertz CT molecular complexity index is 1160. The van der Waals surface area contributed by atoms with Gasteiger partial charge in [0.1, 0.15) is 5.54 Å². The molecule has 2 aliphatic rings. The molecule has 4 unspecified atom stereocenters. The van der Waals surface area contributed by atoms with Crippen LogP contribution in [0.25, 0.3) is 0 Å². The maximum Gasteiger partial charge on any atom is 0.416 e. The van der Waals surface area contributed by atoms with Crippen LogP contribution in [0, 0.1) is 24.2 Å². The van der Waals surface area contributed by atoms with Gasteiger partial charge in [0.15, 0.2) is 0 Å². The number of hydrogen-bond acceptors (Lipinski definition) is 4. The number of amides is 2. The summed E-state index contributed by atoms with van der Waals surface area (Å²) < 4.78 is 40.0. The molecule has 33 heavy (non-hydrogen) atoms. The average Bonchev–Trinajstić information content (AvgIpc) is 3.24. The number of benzene rings is 2. The molecule has 2 amide bonds. The first-order valence-electron chi connectivity index (χ1n) is 10.1. The zero-order valence-corrected chi connectivity index (χ0v) is 17.2. The minimum absolute atomic E-state index is 0.0692. The van der Waals surface area contributed by atoms with E-state index in [9.17, 15) is 32.7 Å². The van der Waals surface area contributed by atoms with Crippen molar-refractivity contribution in [3.05, 3.63) is 71.3 Å². The number of rotatable bonds is 5. The van der Waals surface area contributed by atoms with Gasteiger partial charge in [-0.1, -0.05) is 48.4 Å². The van der Waals surface area contributed by atoms with Crippen LogP contribution in [0.15, 0.2) is 54.6 Å². The van der Waals surface area contributed by atoms with E-state index in [2.05, 4.69) is 11.2 Å². The molecule has 2 aromatic carbocycles. The molecule has 0 aromatic heterocycles. The summed E-state index contributed by atoms with van der Waals surface area (Å²) in [4.78, 5) is 39.8. The van der Waals surface area contributed by atoms with Crippen molar-refractivity contribution in [2.24, 2.45) is 11.8 Å². The number of aliphatic carboxylic acids is 1.